The number of carbonyl (C=O) groups excluding carboxylic acids is 2. The summed E-state index contributed by atoms with van der Waals surface area (Å²) in [7, 11) is 0. The third kappa shape index (κ3) is 7.31. The Hall–Kier alpha value is -2.64. The molecule has 0 aliphatic rings. The van der Waals surface area contributed by atoms with Gasteiger partial charge < -0.3 is 15.4 Å². The van der Waals surface area contributed by atoms with E-state index in [9.17, 15) is 9.59 Å². The summed E-state index contributed by atoms with van der Waals surface area (Å²) in [6.07, 6.45) is 2.10. The van der Waals surface area contributed by atoms with Crippen molar-refractivity contribution < 1.29 is 14.3 Å². The Bertz CT molecular complexity index is 920. The number of benzene rings is 2. The predicted molar refractivity (Wildman–Crippen MR) is 125 cm³/mol. The van der Waals surface area contributed by atoms with E-state index in [-0.39, 0.29) is 23.0 Å². The first-order valence-corrected chi connectivity index (χ1v) is 10.6. The normalized spacial score (nSPS) is 11.3. The second-order valence-corrected chi connectivity index (χ2v) is 7.58. The Morgan fingerprint density at radius 3 is 2.60 bits per heavy atom. The minimum Gasteiger partial charge on any atom is -0.491 e. The van der Waals surface area contributed by atoms with Gasteiger partial charge in [-0.15, -0.1) is 0 Å². The van der Waals surface area contributed by atoms with Crippen molar-refractivity contribution >= 4 is 52.1 Å². The standard InChI is InChI=1S/C22H26ClN3O3S/c1-4-7-20(27)24-16-10-11-18(23)19(13-16)25-22(30)26-21(28)15-8-6-9-17(12-15)29-14(3)5-2/h6,8-14H,4-5,7H2,1-3H3,(H,24,27)(H2,25,26,28,30)/t14-/m0/s1. The van der Waals surface area contributed by atoms with Crippen LogP contribution in [-0.4, -0.2) is 23.0 Å². The van der Waals surface area contributed by atoms with E-state index in [0.29, 0.717) is 34.1 Å². The molecule has 0 spiro atoms. The maximum atomic E-state index is 12.5. The molecule has 160 valence electrons. The van der Waals surface area contributed by atoms with Gasteiger partial charge in [-0.05, 0) is 68.4 Å². The monoisotopic (exact) mass is 447 g/mol. The summed E-state index contributed by atoms with van der Waals surface area (Å²) in [6.45, 7) is 5.93. The number of rotatable bonds is 8. The van der Waals surface area contributed by atoms with Gasteiger partial charge in [-0.25, -0.2) is 0 Å². The maximum Gasteiger partial charge on any atom is 0.257 e. The molecule has 1 atom stereocenters. The van der Waals surface area contributed by atoms with E-state index in [1.807, 2.05) is 20.8 Å². The van der Waals surface area contributed by atoms with Crippen molar-refractivity contribution in [3.8, 4) is 5.75 Å². The van der Waals surface area contributed by atoms with Crippen molar-refractivity contribution in [1.29, 1.82) is 0 Å². The lowest BCUT2D eigenvalue weighted by Crippen LogP contribution is -2.34. The lowest BCUT2D eigenvalue weighted by atomic mass is 10.2. The molecule has 0 saturated heterocycles. The molecule has 0 saturated carbocycles. The van der Waals surface area contributed by atoms with Crippen LogP contribution in [0.25, 0.3) is 0 Å². The van der Waals surface area contributed by atoms with Gasteiger partial charge in [0.25, 0.3) is 5.91 Å². The Kier molecular flexibility index (Phi) is 9.08. The fourth-order valence-corrected chi connectivity index (χ4v) is 2.87. The van der Waals surface area contributed by atoms with Crippen LogP contribution in [0.4, 0.5) is 11.4 Å². The van der Waals surface area contributed by atoms with Crippen LogP contribution in [0.15, 0.2) is 42.5 Å². The van der Waals surface area contributed by atoms with Crippen LogP contribution >= 0.6 is 23.8 Å². The van der Waals surface area contributed by atoms with Gasteiger partial charge in [0.05, 0.1) is 16.8 Å². The first-order valence-electron chi connectivity index (χ1n) is 9.80. The molecule has 3 N–H and O–H groups in total. The number of nitrogens with one attached hydrogen (secondary N) is 3. The van der Waals surface area contributed by atoms with Gasteiger partial charge >= 0.3 is 0 Å². The second kappa shape index (κ2) is 11.5. The van der Waals surface area contributed by atoms with Crippen LogP contribution in [0.3, 0.4) is 0 Å². The molecule has 6 nitrogen and oxygen atoms in total. The summed E-state index contributed by atoms with van der Waals surface area (Å²) >= 11 is 11.5. The molecule has 30 heavy (non-hydrogen) atoms. The number of hydrogen-bond donors (Lipinski definition) is 3. The van der Waals surface area contributed by atoms with Crippen LogP contribution < -0.4 is 20.7 Å². The largest absolute Gasteiger partial charge is 0.491 e. The molecule has 0 aliphatic carbocycles. The molecule has 0 bridgehead atoms. The molecule has 0 radical (unpaired) electrons. The summed E-state index contributed by atoms with van der Waals surface area (Å²) < 4.78 is 5.75. The highest BCUT2D eigenvalue weighted by Gasteiger charge is 2.12. The average Bonchev–Trinajstić information content (AvgIpc) is 2.70. The topological polar surface area (TPSA) is 79.5 Å². The molecule has 0 aliphatic heterocycles. The van der Waals surface area contributed by atoms with Crippen LogP contribution in [0.2, 0.25) is 5.02 Å². The molecule has 2 aromatic rings. The Balaban J connectivity index is 2.02. The molecule has 2 rings (SSSR count). The number of anilines is 2. The lowest BCUT2D eigenvalue weighted by Gasteiger charge is -2.14. The van der Waals surface area contributed by atoms with E-state index in [4.69, 9.17) is 28.6 Å². The fraction of sp³-hybridized carbons (Fsp3) is 0.318. The maximum absolute atomic E-state index is 12.5. The van der Waals surface area contributed by atoms with Gasteiger partial charge in [0.15, 0.2) is 5.11 Å². The van der Waals surface area contributed by atoms with Crippen molar-refractivity contribution in [3.05, 3.63) is 53.1 Å². The van der Waals surface area contributed by atoms with E-state index < -0.39 is 0 Å². The smallest absolute Gasteiger partial charge is 0.257 e. The van der Waals surface area contributed by atoms with E-state index in [0.717, 1.165) is 12.8 Å². The first kappa shape index (κ1) is 23.6. The molecule has 0 fully saturated rings. The molecule has 2 aromatic carbocycles. The highest BCUT2D eigenvalue weighted by Crippen LogP contribution is 2.26. The summed E-state index contributed by atoms with van der Waals surface area (Å²) in [5.41, 5.74) is 1.49. The lowest BCUT2D eigenvalue weighted by molar-refractivity contribution is -0.116. The number of halogens is 1. The van der Waals surface area contributed by atoms with Gasteiger partial charge in [-0.2, -0.15) is 0 Å². The van der Waals surface area contributed by atoms with Gasteiger partial charge in [0.2, 0.25) is 5.91 Å². The van der Waals surface area contributed by atoms with Crippen molar-refractivity contribution in [2.75, 3.05) is 10.6 Å². The predicted octanol–water partition coefficient (Wildman–Crippen LogP) is 5.38. The SMILES string of the molecule is CCCC(=O)Nc1ccc(Cl)c(NC(=S)NC(=O)c2cccc(O[C@@H](C)CC)c2)c1. The van der Waals surface area contributed by atoms with Crippen molar-refractivity contribution in [3.63, 3.8) is 0 Å². The first-order chi connectivity index (χ1) is 14.3. The average molecular weight is 448 g/mol. The zero-order valence-corrected chi connectivity index (χ0v) is 18.8. The quantitative estimate of drug-likeness (QED) is 0.473. The highest BCUT2D eigenvalue weighted by atomic mass is 35.5. The van der Waals surface area contributed by atoms with Crippen molar-refractivity contribution in [2.24, 2.45) is 0 Å². The fourth-order valence-electron chi connectivity index (χ4n) is 2.50. The van der Waals surface area contributed by atoms with E-state index in [2.05, 4.69) is 16.0 Å². The van der Waals surface area contributed by atoms with Crippen LogP contribution in [-0.2, 0) is 4.79 Å². The molecule has 2 amide bonds. The summed E-state index contributed by atoms with van der Waals surface area (Å²) in [6, 6.07) is 11.9. The molecule has 8 heteroatoms. The van der Waals surface area contributed by atoms with Gasteiger partial charge in [0.1, 0.15) is 5.75 Å². The number of amides is 2. The summed E-state index contributed by atoms with van der Waals surface area (Å²) in [4.78, 5) is 24.3. The third-order valence-electron chi connectivity index (χ3n) is 4.21. The van der Waals surface area contributed by atoms with E-state index >= 15 is 0 Å². The third-order valence-corrected chi connectivity index (χ3v) is 4.74. The van der Waals surface area contributed by atoms with Crippen LogP contribution in [0.1, 0.15) is 50.4 Å². The second-order valence-electron chi connectivity index (χ2n) is 6.77. The Labute approximate surface area is 187 Å². The zero-order chi connectivity index (χ0) is 22.1. The zero-order valence-electron chi connectivity index (χ0n) is 17.3. The summed E-state index contributed by atoms with van der Waals surface area (Å²) in [5.74, 6) is 0.168. The number of ether oxygens (including phenoxy) is 1. The van der Waals surface area contributed by atoms with Gasteiger partial charge in [-0.1, -0.05) is 31.5 Å². The van der Waals surface area contributed by atoms with Crippen LogP contribution in [0.5, 0.6) is 5.75 Å². The van der Waals surface area contributed by atoms with E-state index in [1.165, 1.54) is 0 Å². The Morgan fingerprint density at radius 1 is 1.13 bits per heavy atom. The molecule has 0 aromatic heterocycles. The van der Waals surface area contributed by atoms with Crippen LogP contribution in [0, 0.1) is 0 Å². The molecular weight excluding hydrogens is 422 g/mol. The van der Waals surface area contributed by atoms with Gasteiger partial charge in [-0.3, -0.25) is 14.9 Å². The highest BCUT2D eigenvalue weighted by molar-refractivity contribution is 7.80. The molecular formula is C22H26ClN3O3S. The Morgan fingerprint density at radius 2 is 1.90 bits per heavy atom. The molecule has 0 unspecified atom stereocenters. The number of thiocarbonyl (C=S) groups is 1. The van der Waals surface area contributed by atoms with Crippen molar-refractivity contribution in [1.82, 2.24) is 5.32 Å². The number of carbonyl (C=O) groups is 2. The summed E-state index contributed by atoms with van der Waals surface area (Å²) in [5, 5.41) is 8.82. The number of hydrogen-bond acceptors (Lipinski definition) is 4. The van der Waals surface area contributed by atoms with Crippen molar-refractivity contribution in [2.45, 2.75) is 46.1 Å². The molecule has 0 heterocycles. The van der Waals surface area contributed by atoms with E-state index in [1.54, 1.807) is 42.5 Å². The minimum atomic E-state index is -0.370. The minimum absolute atomic E-state index is 0.0540. The van der Waals surface area contributed by atoms with Gasteiger partial charge in [0, 0.05) is 17.7 Å².